The Hall–Kier alpha value is -3.50. The van der Waals surface area contributed by atoms with Gasteiger partial charge in [0.15, 0.2) is 0 Å². The molecule has 0 fully saturated rings. The molecular formula is C20H19FN6. The zero-order valence-corrected chi connectivity index (χ0v) is 14.6. The van der Waals surface area contributed by atoms with E-state index in [1.165, 1.54) is 12.1 Å². The number of aliphatic imine (C=N–C) groups is 1. The first-order valence-electron chi connectivity index (χ1n) is 8.46. The average molecular weight is 362 g/mol. The maximum absolute atomic E-state index is 13.5. The van der Waals surface area contributed by atoms with Crippen molar-refractivity contribution in [2.45, 2.75) is 6.54 Å². The zero-order chi connectivity index (χ0) is 19.1. The normalized spacial score (nSPS) is 11.2. The van der Waals surface area contributed by atoms with Crippen LogP contribution in [0.25, 0.3) is 10.8 Å². The zero-order valence-electron chi connectivity index (χ0n) is 14.6. The van der Waals surface area contributed by atoms with Gasteiger partial charge in [0.2, 0.25) is 12.2 Å². The minimum atomic E-state index is -0.310. The first kappa shape index (κ1) is 18.3. The minimum Gasteiger partial charge on any atom is -0.336 e. The van der Waals surface area contributed by atoms with E-state index in [4.69, 9.17) is 11.0 Å². The molecular weight excluding hydrogens is 343 g/mol. The molecule has 0 saturated heterocycles. The Kier molecular flexibility index (Phi) is 5.92. The van der Waals surface area contributed by atoms with Gasteiger partial charge >= 0.3 is 0 Å². The van der Waals surface area contributed by atoms with Crippen molar-refractivity contribution in [3.63, 3.8) is 0 Å². The Morgan fingerprint density at radius 1 is 1.22 bits per heavy atom. The molecule has 1 heterocycles. The number of aromatic nitrogens is 1. The Morgan fingerprint density at radius 3 is 2.89 bits per heavy atom. The Labute approximate surface area is 156 Å². The number of nitrogens with zero attached hydrogens (tertiary/aromatic N) is 4. The highest BCUT2D eigenvalue weighted by Gasteiger charge is 2.13. The number of rotatable bonds is 5. The van der Waals surface area contributed by atoms with Crippen molar-refractivity contribution >= 4 is 22.4 Å². The Morgan fingerprint density at radius 2 is 2.11 bits per heavy atom. The predicted octanol–water partition coefficient (Wildman–Crippen LogP) is 3.08. The summed E-state index contributed by atoms with van der Waals surface area (Å²) in [5, 5.41) is 14.3. The van der Waals surface area contributed by atoms with Crippen molar-refractivity contribution in [2.75, 3.05) is 18.4 Å². The Bertz CT molecular complexity index is 995. The lowest BCUT2D eigenvalue weighted by atomic mass is 10.1. The number of nitrogens with two attached hydrogens (primary N) is 1. The number of anilines is 1. The molecule has 0 bridgehead atoms. The van der Waals surface area contributed by atoms with Crippen LogP contribution >= 0.6 is 0 Å². The second-order valence-electron chi connectivity index (χ2n) is 5.94. The summed E-state index contributed by atoms with van der Waals surface area (Å²) in [5.74, 6) is 0.0516. The van der Waals surface area contributed by atoms with Gasteiger partial charge in [0.1, 0.15) is 5.82 Å². The Balaban J connectivity index is 1.86. The summed E-state index contributed by atoms with van der Waals surface area (Å²) in [5.41, 5.74) is 7.27. The fourth-order valence-corrected chi connectivity index (χ4v) is 2.79. The van der Waals surface area contributed by atoms with Crippen molar-refractivity contribution in [1.29, 1.82) is 5.26 Å². The summed E-state index contributed by atoms with van der Waals surface area (Å²) >= 11 is 0. The van der Waals surface area contributed by atoms with Gasteiger partial charge in [-0.1, -0.05) is 18.2 Å². The monoisotopic (exact) mass is 362 g/mol. The van der Waals surface area contributed by atoms with Gasteiger partial charge in [-0.25, -0.2) is 4.39 Å². The van der Waals surface area contributed by atoms with Crippen LogP contribution in [0.5, 0.6) is 0 Å². The van der Waals surface area contributed by atoms with E-state index in [0.717, 1.165) is 22.0 Å². The number of hydrogen-bond acceptors (Lipinski definition) is 4. The average Bonchev–Trinajstić information content (AvgIpc) is 2.67. The number of halogens is 1. The molecule has 0 aliphatic heterocycles. The van der Waals surface area contributed by atoms with Crippen LogP contribution in [0.15, 0.2) is 65.9 Å². The van der Waals surface area contributed by atoms with E-state index >= 15 is 0 Å². The van der Waals surface area contributed by atoms with Crippen LogP contribution < -0.4 is 11.1 Å². The van der Waals surface area contributed by atoms with Crippen LogP contribution in [0, 0.1) is 17.3 Å². The molecule has 0 saturated carbocycles. The largest absolute Gasteiger partial charge is 0.336 e. The maximum Gasteiger partial charge on any atom is 0.214 e. The van der Waals surface area contributed by atoms with Crippen LogP contribution in [-0.2, 0) is 6.54 Å². The van der Waals surface area contributed by atoms with Crippen LogP contribution in [0.4, 0.5) is 10.1 Å². The molecule has 0 radical (unpaired) electrons. The smallest absolute Gasteiger partial charge is 0.214 e. The van der Waals surface area contributed by atoms with Crippen LogP contribution in [-0.4, -0.2) is 28.9 Å². The number of benzene rings is 2. The first-order chi connectivity index (χ1) is 13.2. The third kappa shape index (κ3) is 4.77. The molecule has 0 unspecified atom stereocenters. The lowest BCUT2D eigenvalue weighted by Gasteiger charge is -2.25. The molecule has 3 aromatic rings. The quantitative estimate of drug-likeness (QED) is 0.413. The molecule has 136 valence electrons. The SMILES string of the molecule is N#C/N=C(/Nc1ccc2cnccc2c1)N(CCN)Cc1cccc(F)c1. The predicted molar refractivity (Wildman–Crippen MR) is 104 cm³/mol. The molecule has 1 aromatic heterocycles. The van der Waals surface area contributed by atoms with Crippen molar-refractivity contribution < 1.29 is 4.39 Å². The lowest BCUT2D eigenvalue weighted by molar-refractivity contribution is 0.420. The molecule has 27 heavy (non-hydrogen) atoms. The second kappa shape index (κ2) is 8.74. The van der Waals surface area contributed by atoms with Crippen molar-refractivity contribution in [3.8, 4) is 6.19 Å². The van der Waals surface area contributed by atoms with E-state index < -0.39 is 0 Å². The van der Waals surface area contributed by atoms with Gasteiger partial charge in [0.25, 0.3) is 0 Å². The van der Waals surface area contributed by atoms with E-state index in [0.29, 0.717) is 25.6 Å². The summed E-state index contributed by atoms with van der Waals surface area (Å²) in [6.07, 6.45) is 5.33. The number of nitrogens with one attached hydrogen (secondary N) is 1. The fraction of sp³-hybridized carbons (Fsp3) is 0.150. The van der Waals surface area contributed by atoms with Crippen molar-refractivity contribution in [2.24, 2.45) is 10.7 Å². The molecule has 0 aliphatic rings. The highest BCUT2D eigenvalue weighted by Crippen LogP contribution is 2.19. The molecule has 0 aliphatic carbocycles. The third-order valence-electron chi connectivity index (χ3n) is 4.01. The van der Waals surface area contributed by atoms with E-state index in [1.54, 1.807) is 18.5 Å². The standard InChI is InChI=1S/C20H19FN6/c21-18-3-1-2-15(10-18)13-27(9-7-22)20(25-14-23)26-19-5-4-17-12-24-8-6-16(17)11-19/h1-6,8,10-12H,7,9,13,22H2,(H,25,26). The van der Waals surface area contributed by atoms with Gasteiger partial charge in [-0.3, -0.25) is 4.98 Å². The van der Waals surface area contributed by atoms with Gasteiger partial charge in [0.05, 0.1) is 0 Å². The molecule has 3 rings (SSSR count). The summed E-state index contributed by atoms with van der Waals surface area (Å²) in [6.45, 7) is 1.20. The molecule has 7 heteroatoms. The maximum atomic E-state index is 13.5. The first-order valence-corrected chi connectivity index (χ1v) is 8.46. The van der Waals surface area contributed by atoms with Gasteiger partial charge in [-0.05, 0) is 41.3 Å². The summed E-state index contributed by atoms with van der Waals surface area (Å²) in [4.78, 5) is 9.83. The van der Waals surface area contributed by atoms with Crippen LogP contribution in [0.1, 0.15) is 5.56 Å². The minimum absolute atomic E-state index is 0.310. The highest BCUT2D eigenvalue weighted by molar-refractivity contribution is 5.96. The number of hydrogen-bond donors (Lipinski definition) is 2. The molecule has 0 atom stereocenters. The van der Waals surface area contributed by atoms with Crippen LogP contribution in [0.3, 0.4) is 0 Å². The fourth-order valence-electron chi connectivity index (χ4n) is 2.79. The van der Waals surface area contributed by atoms with Gasteiger partial charge in [-0.15, -0.1) is 4.99 Å². The molecule has 2 aromatic carbocycles. The van der Waals surface area contributed by atoms with E-state index in [1.807, 2.05) is 41.4 Å². The topological polar surface area (TPSA) is 90.3 Å². The van der Waals surface area contributed by atoms with E-state index in [9.17, 15) is 4.39 Å². The van der Waals surface area contributed by atoms with E-state index in [2.05, 4.69) is 15.3 Å². The lowest BCUT2D eigenvalue weighted by Crippen LogP contribution is -2.39. The molecule has 0 amide bonds. The molecule has 6 nitrogen and oxygen atoms in total. The van der Waals surface area contributed by atoms with E-state index in [-0.39, 0.29) is 5.82 Å². The number of fused-ring (bicyclic) bond motifs is 1. The summed E-state index contributed by atoms with van der Waals surface area (Å²) in [6, 6.07) is 14.0. The number of guanidine groups is 1. The van der Waals surface area contributed by atoms with Crippen molar-refractivity contribution in [3.05, 3.63) is 72.3 Å². The molecule has 0 spiro atoms. The summed E-state index contributed by atoms with van der Waals surface area (Å²) < 4.78 is 13.5. The van der Waals surface area contributed by atoms with Crippen LogP contribution in [0.2, 0.25) is 0 Å². The van der Waals surface area contributed by atoms with Gasteiger partial charge < -0.3 is 16.0 Å². The summed E-state index contributed by atoms with van der Waals surface area (Å²) in [7, 11) is 0. The third-order valence-corrected chi connectivity index (χ3v) is 4.01. The number of nitriles is 1. The second-order valence-corrected chi connectivity index (χ2v) is 5.94. The highest BCUT2D eigenvalue weighted by atomic mass is 19.1. The molecule has 3 N–H and O–H groups in total. The van der Waals surface area contributed by atoms with Gasteiger partial charge in [0, 0.05) is 43.1 Å². The van der Waals surface area contributed by atoms with Crippen molar-refractivity contribution in [1.82, 2.24) is 9.88 Å². The van der Waals surface area contributed by atoms with Gasteiger partial charge in [-0.2, -0.15) is 5.26 Å². The number of pyridine rings is 1.